The second kappa shape index (κ2) is 9.69. The van der Waals surface area contributed by atoms with Crippen molar-refractivity contribution >= 4 is 44.2 Å². The third-order valence-electron chi connectivity index (χ3n) is 4.36. The summed E-state index contributed by atoms with van der Waals surface area (Å²) in [4.78, 5) is 21.8. The molecule has 0 aliphatic rings. The van der Waals surface area contributed by atoms with Crippen LogP contribution < -0.4 is 10.8 Å². The molecule has 1 amide bonds. The van der Waals surface area contributed by atoms with E-state index in [9.17, 15) is 14.3 Å². The van der Waals surface area contributed by atoms with Crippen LogP contribution in [0, 0.1) is 11.6 Å². The van der Waals surface area contributed by atoms with E-state index in [1.807, 2.05) is 0 Å². The number of carbonyl (C=O) groups excluding carboxylic acids is 1. The number of amides is 1. The number of hydrogen-bond acceptors (Lipinski definition) is 6. The number of hydroxylamine groups is 1. The van der Waals surface area contributed by atoms with Crippen LogP contribution in [0.25, 0.3) is 11.0 Å². The van der Waals surface area contributed by atoms with Crippen LogP contribution in [0.1, 0.15) is 24.2 Å². The van der Waals surface area contributed by atoms with Crippen molar-refractivity contribution < 1.29 is 28.6 Å². The quantitative estimate of drug-likeness (QED) is 0.355. The second-order valence-corrected chi connectivity index (χ2v) is 7.93. The SMILES string of the molecule is CC(O)Cn1cnc2c(F)c(Nc3ccc(Br)cc3F)c(C(=O)NOC(C)CO)cc21. The van der Waals surface area contributed by atoms with Crippen LogP contribution >= 0.6 is 15.9 Å². The lowest BCUT2D eigenvalue weighted by Gasteiger charge is -2.16. The van der Waals surface area contributed by atoms with Crippen molar-refractivity contribution in [2.75, 3.05) is 11.9 Å². The Morgan fingerprint density at radius 2 is 2.06 bits per heavy atom. The number of nitrogens with zero attached hydrogens (tertiary/aromatic N) is 2. The maximum atomic E-state index is 15.4. The van der Waals surface area contributed by atoms with Crippen LogP contribution in [0.15, 0.2) is 35.1 Å². The average molecular weight is 499 g/mol. The molecule has 0 saturated heterocycles. The van der Waals surface area contributed by atoms with E-state index >= 15 is 4.39 Å². The van der Waals surface area contributed by atoms with Gasteiger partial charge >= 0.3 is 0 Å². The molecule has 2 aromatic carbocycles. The van der Waals surface area contributed by atoms with Gasteiger partial charge in [-0.25, -0.2) is 19.2 Å². The molecule has 2 atom stereocenters. The monoisotopic (exact) mass is 498 g/mol. The maximum Gasteiger partial charge on any atom is 0.277 e. The zero-order valence-electron chi connectivity index (χ0n) is 16.7. The van der Waals surface area contributed by atoms with Gasteiger partial charge in [-0.1, -0.05) is 15.9 Å². The summed E-state index contributed by atoms with van der Waals surface area (Å²) in [5, 5.41) is 21.4. The van der Waals surface area contributed by atoms with E-state index in [-0.39, 0.29) is 41.1 Å². The summed E-state index contributed by atoms with van der Waals surface area (Å²) in [6.07, 6.45) is -0.0870. The molecular formula is C20H21BrF2N4O4. The normalized spacial score (nSPS) is 13.3. The lowest BCUT2D eigenvalue weighted by atomic mass is 10.1. The van der Waals surface area contributed by atoms with Crippen LogP contribution in [-0.2, 0) is 11.4 Å². The van der Waals surface area contributed by atoms with Crippen LogP contribution in [-0.4, -0.2) is 44.5 Å². The summed E-state index contributed by atoms with van der Waals surface area (Å²) in [5.74, 6) is -2.35. The van der Waals surface area contributed by atoms with Gasteiger partial charge in [0.2, 0.25) is 0 Å². The number of anilines is 2. The number of aliphatic hydroxyl groups is 2. The van der Waals surface area contributed by atoms with Gasteiger partial charge in [0, 0.05) is 11.0 Å². The number of benzene rings is 2. The smallest absolute Gasteiger partial charge is 0.277 e. The molecule has 0 saturated carbocycles. The summed E-state index contributed by atoms with van der Waals surface area (Å²) in [5.41, 5.74) is 1.84. The molecule has 3 rings (SSSR count). The fourth-order valence-corrected chi connectivity index (χ4v) is 3.19. The number of imidazole rings is 1. The summed E-state index contributed by atoms with van der Waals surface area (Å²) in [6, 6.07) is 5.52. The minimum absolute atomic E-state index is 0.0523. The highest BCUT2D eigenvalue weighted by Gasteiger charge is 2.23. The fraction of sp³-hybridized carbons (Fsp3) is 0.300. The van der Waals surface area contributed by atoms with Crippen LogP contribution in [0.5, 0.6) is 0 Å². The van der Waals surface area contributed by atoms with E-state index in [1.54, 1.807) is 13.0 Å². The minimum atomic E-state index is -0.871. The van der Waals surface area contributed by atoms with Gasteiger partial charge in [-0.15, -0.1) is 0 Å². The number of halogens is 3. The van der Waals surface area contributed by atoms with E-state index in [4.69, 9.17) is 9.94 Å². The molecule has 0 fully saturated rings. The van der Waals surface area contributed by atoms with Gasteiger partial charge in [0.05, 0.1) is 41.5 Å². The number of nitrogens with one attached hydrogen (secondary N) is 2. The Morgan fingerprint density at radius 1 is 1.32 bits per heavy atom. The molecule has 0 radical (unpaired) electrons. The molecule has 1 heterocycles. The van der Waals surface area contributed by atoms with Crippen LogP contribution in [0.4, 0.5) is 20.2 Å². The van der Waals surface area contributed by atoms with E-state index in [2.05, 4.69) is 31.7 Å². The predicted octanol–water partition coefficient (Wildman–Crippen LogP) is 3.24. The van der Waals surface area contributed by atoms with Crippen molar-refractivity contribution in [1.82, 2.24) is 15.0 Å². The van der Waals surface area contributed by atoms with Gasteiger partial charge in [0.15, 0.2) is 5.82 Å². The number of rotatable bonds is 8. The van der Waals surface area contributed by atoms with Crippen molar-refractivity contribution in [2.45, 2.75) is 32.6 Å². The summed E-state index contributed by atoms with van der Waals surface area (Å²) in [7, 11) is 0. The summed E-state index contributed by atoms with van der Waals surface area (Å²) < 4.78 is 31.7. The van der Waals surface area contributed by atoms with Crippen molar-refractivity contribution in [2.24, 2.45) is 0 Å². The third-order valence-corrected chi connectivity index (χ3v) is 4.86. The average Bonchev–Trinajstić information content (AvgIpc) is 3.11. The van der Waals surface area contributed by atoms with Crippen LogP contribution in [0.2, 0.25) is 0 Å². The standard InChI is InChI=1S/C20H21BrF2N4O4/c1-10(29)7-27-9-24-19-16(27)6-13(20(30)26-31-11(2)8-28)18(17(19)23)25-15-4-3-12(21)5-14(15)22/h3-6,9-11,25,28-29H,7-8H2,1-2H3,(H,26,30). The van der Waals surface area contributed by atoms with Crippen molar-refractivity contribution in [1.29, 1.82) is 0 Å². The van der Waals surface area contributed by atoms with Gasteiger partial charge in [0.25, 0.3) is 5.91 Å². The number of carbonyl (C=O) groups is 1. The number of fused-ring (bicyclic) bond motifs is 1. The predicted molar refractivity (Wildman–Crippen MR) is 114 cm³/mol. The molecule has 1 aromatic heterocycles. The molecule has 0 aliphatic carbocycles. The first-order valence-electron chi connectivity index (χ1n) is 9.35. The summed E-state index contributed by atoms with van der Waals surface area (Å²) >= 11 is 3.15. The molecular weight excluding hydrogens is 478 g/mol. The van der Waals surface area contributed by atoms with E-state index < -0.39 is 29.7 Å². The molecule has 3 aromatic rings. The highest BCUT2D eigenvalue weighted by Crippen LogP contribution is 2.32. The van der Waals surface area contributed by atoms with E-state index in [1.165, 1.54) is 36.0 Å². The Morgan fingerprint density at radius 3 is 2.71 bits per heavy atom. The minimum Gasteiger partial charge on any atom is -0.394 e. The van der Waals surface area contributed by atoms with Crippen LogP contribution in [0.3, 0.4) is 0 Å². The first kappa shape index (κ1) is 23.1. The lowest BCUT2D eigenvalue weighted by molar-refractivity contribution is -0.0303. The molecule has 8 nitrogen and oxygen atoms in total. The Labute approximate surface area is 184 Å². The number of hydrogen-bond donors (Lipinski definition) is 4. The summed E-state index contributed by atoms with van der Waals surface area (Å²) in [6.45, 7) is 2.87. The topological polar surface area (TPSA) is 109 Å². The molecule has 31 heavy (non-hydrogen) atoms. The van der Waals surface area contributed by atoms with Gasteiger partial charge in [-0.3, -0.25) is 9.63 Å². The Kier molecular flexibility index (Phi) is 7.21. The van der Waals surface area contributed by atoms with Gasteiger partial charge in [-0.2, -0.15) is 0 Å². The Balaban J connectivity index is 2.11. The zero-order chi connectivity index (χ0) is 22.7. The van der Waals surface area contributed by atoms with Gasteiger partial charge in [0.1, 0.15) is 17.4 Å². The Bertz CT molecular complexity index is 1110. The fourth-order valence-electron chi connectivity index (χ4n) is 2.86. The van der Waals surface area contributed by atoms with Gasteiger partial charge < -0.3 is 20.1 Å². The van der Waals surface area contributed by atoms with Crippen molar-refractivity contribution in [3.8, 4) is 0 Å². The van der Waals surface area contributed by atoms with Gasteiger partial charge in [-0.05, 0) is 38.1 Å². The molecule has 4 N–H and O–H groups in total. The highest BCUT2D eigenvalue weighted by atomic mass is 79.9. The molecule has 166 valence electrons. The molecule has 0 spiro atoms. The van der Waals surface area contributed by atoms with Crippen molar-refractivity contribution in [3.63, 3.8) is 0 Å². The maximum absolute atomic E-state index is 15.4. The number of aromatic nitrogens is 2. The second-order valence-electron chi connectivity index (χ2n) is 7.02. The molecule has 2 unspecified atom stereocenters. The largest absolute Gasteiger partial charge is 0.394 e. The van der Waals surface area contributed by atoms with E-state index in [0.29, 0.717) is 4.47 Å². The van der Waals surface area contributed by atoms with E-state index in [0.717, 1.165) is 0 Å². The number of aliphatic hydroxyl groups excluding tert-OH is 2. The van der Waals surface area contributed by atoms with Crippen molar-refractivity contribution in [3.05, 3.63) is 52.3 Å². The molecule has 0 bridgehead atoms. The third kappa shape index (κ3) is 5.18. The molecule has 0 aliphatic heterocycles. The zero-order valence-corrected chi connectivity index (χ0v) is 18.3. The first-order valence-corrected chi connectivity index (χ1v) is 10.1. The first-order chi connectivity index (χ1) is 14.7. The Hall–Kier alpha value is -2.60. The molecule has 11 heteroatoms. The highest BCUT2D eigenvalue weighted by molar-refractivity contribution is 9.10. The lowest BCUT2D eigenvalue weighted by Crippen LogP contribution is -2.30.